The van der Waals surface area contributed by atoms with Gasteiger partial charge in [-0.15, -0.1) is 0 Å². The molecule has 5 aliphatic rings. The number of amides is 2. The molecule has 2 amide bonds. The molecule has 7 nitrogen and oxygen atoms in total. The van der Waals surface area contributed by atoms with Crippen LogP contribution >= 0.6 is 0 Å². The number of benzene rings is 1. The Kier molecular flexibility index (Phi) is 5.22. The summed E-state index contributed by atoms with van der Waals surface area (Å²) in [5, 5.41) is 3.08. The normalized spacial score (nSPS) is 33.4. The number of hydrogen-bond donors (Lipinski definition) is 1. The molecule has 1 spiro atoms. The number of nitrogens with one attached hydrogen (secondary N) is 1. The van der Waals surface area contributed by atoms with Gasteiger partial charge in [0.25, 0.3) is 5.91 Å². The summed E-state index contributed by atoms with van der Waals surface area (Å²) in [6, 6.07) is 4.32. The molecule has 1 aromatic carbocycles. The van der Waals surface area contributed by atoms with Crippen LogP contribution in [0.25, 0.3) is 5.57 Å². The van der Waals surface area contributed by atoms with E-state index in [2.05, 4.69) is 11.4 Å². The van der Waals surface area contributed by atoms with Gasteiger partial charge in [0, 0.05) is 11.6 Å². The third-order valence-electron chi connectivity index (χ3n) is 6.88. The topological polar surface area (TPSA) is 77.1 Å². The number of carbonyl (C=O) groups excluding carboxylic acids is 2. The van der Waals surface area contributed by atoms with Crippen LogP contribution < -0.4 is 10.1 Å². The quantitative estimate of drug-likeness (QED) is 0.682. The smallest absolute Gasteiger partial charge is 0.261 e. The van der Waals surface area contributed by atoms with Crippen molar-refractivity contribution in [3.05, 3.63) is 35.7 Å². The van der Waals surface area contributed by atoms with Gasteiger partial charge in [-0.2, -0.15) is 0 Å². The zero-order valence-corrected chi connectivity index (χ0v) is 17.6. The van der Waals surface area contributed by atoms with E-state index in [1.807, 2.05) is 13.0 Å². The van der Waals surface area contributed by atoms with Crippen molar-refractivity contribution in [1.82, 2.24) is 10.2 Å². The van der Waals surface area contributed by atoms with Crippen LogP contribution in [0.5, 0.6) is 5.75 Å². The molecule has 3 unspecified atom stereocenters. The Balaban J connectivity index is 1.51. The van der Waals surface area contributed by atoms with E-state index in [0.29, 0.717) is 31.6 Å². The fourth-order valence-electron chi connectivity index (χ4n) is 5.51. The molecule has 31 heavy (non-hydrogen) atoms. The number of halogens is 1. The number of carbonyl (C=O) groups is 2. The number of allylic oxidation sites excluding steroid dienone is 1. The Bertz CT molecular complexity index is 935. The SMILES string of the molecule is C[C@@H]1CC2(COCC(=O)N2)C2COC3CC=C(CC3)c3cccc(F)c3OCC(=O)N21. The van der Waals surface area contributed by atoms with E-state index in [4.69, 9.17) is 14.2 Å². The second-order valence-corrected chi connectivity index (χ2v) is 8.93. The number of fused-ring (bicyclic) bond motifs is 5. The van der Waals surface area contributed by atoms with Crippen molar-refractivity contribution in [2.24, 2.45) is 0 Å². The number of rotatable bonds is 0. The largest absolute Gasteiger partial charge is 0.480 e. The van der Waals surface area contributed by atoms with E-state index in [1.165, 1.54) is 6.07 Å². The van der Waals surface area contributed by atoms with Crippen molar-refractivity contribution in [3.63, 3.8) is 0 Å². The number of nitrogens with zero attached hydrogens (tertiary/aromatic N) is 1. The first-order valence-electron chi connectivity index (χ1n) is 10.9. The summed E-state index contributed by atoms with van der Waals surface area (Å²) in [5.41, 5.74) is 1.02. The zero-order valence-electron chi connectivity index (χ0n) is 17.6. The predicted octanol–water partition coefficient (Wildman–Crippen LogP) is 2.05. The van der Waals surface area contributed by atoms with E-state index in [1.54, 1.807) is 11.0 Å². The Morgan fingerprint density at radius 2 is 2.13 bits per heavy atom. The molecule has 1 aromatic rings. The lowest BCUT2D eigenvalue weighted by molar-refractivity contribution is -0.144. The number of para-hydroxylation sites is 1. The summed E-state index contributed by atoms with van der Waals surface area (Å²) in [7, 11) is 0. The lowest BCUT2D eigenvalue weighted by Crippen LogP contribution is -2.65. The molecular formula is C23H27FN2O5. The molecular weight excluding hydrogens is 403 g/mol. The second kappa shape index (κ2) is 7.91. The Labute approximate surface area is 180 Å². The van der Waals surface area contributed by atoms with E-state index in [0.717, 1.165) is 18.4 Å². The summed E-state index contributed by atoms with van der Waals surface area (Å²) in [4.78, 5) is 27.2. The number of morpholine rings is 1. The fourth-order valence-corrected chi connectivity index (χ4v) is 5.51. The molecule has 4 atom stereocenters. The van der Waals surface area contributed by atoms with Gasteiger partial charge in [-0.25, -0.2) is 4.39 Å². The molecule has 6 rings (SSSR count). The van der Waals surface area contributed by atoms with Crippen molar-refractivity contribution >= 4 is 17.4 Å². The summed E-state index contributed by atoms with van der Waals surface area (Å²) < 4.78 is 32.3. The standard InChI is InChI=1S/C23H27FN2O5/c1-14-9-23(13-29-11-20(27)25-23)19-10-30-16-7-5-15(6-8-16)17-3-2-4-18(24)22(17)31-12-21(28)26(14)19/h2-5,14,16,19H,6-13H2,1H3,(H,25,27)/t14-,16?,19?,23?/m1/s1. The van der Waals surface area contributed by atoms with Gasteiger partial charge < -0.3 is 24.4 Å². The van der Waals surface area contributed by atoms with Crippen LogP contribution in [0, 0.1) is 5.82 Å². The molecule has 4 heterocycles. The van der Waals surface area contributed by atoms with Gasteiger partial charge in [-0.1, -0.05) is 18.2 Å². The maximum Gasteiger partial charge on any atom is 0.261 e. The highest BCUT2D eigenvalue weighted by Crippen LogP contribution is 2.39. The molecule has 0 aromatic heterocycles. The third-order valence-corrected chi connectivity index (χ3v) is 6.88. The van der Waals surface area contributed by atoms with E-state index >= 15 is 0 Å². The lowest BCUT2D eigenvalue weighted by Gasteiger charge is -2.41. The zero-order chi connectivity index (χ0) is 21.6. The van der Waals surface area contributed by atoms with Gasteiger partial charge in [0.1, 0.15) is 6.61 Å². The van der Waals surface area contributed by atoms with Gasteiger partial charge in [0.2, 0.25) is 5.91 Å². The summed E-state index contributed by atoms with van der Waals surface area (Å²) >= 11 is 0. The minimum Gasteiger partial charge on any atom is -0.480 e. The van der Waals surface area contributed by atoms with Crippen molar-refractivity contribution in [1.29, 1.82) is 0 Å². The summed E-state index contributed by atoms with van der Waals surface area (Å²) in [6.45, 7) is 2.31. The molecule has 8 heteroatoms. The van der Waals surface area contributed by atoms with Gasteiger partial charge in [-0.05, 0) is 44.2 Å². The monoisotopic (exact) mass is 430 g/mol. The second-order valence-electron chi connectivity index (χ2n) is 8.93. The van der Waals surface area contributed by atoms with E-state index in [-0.39, 0.29) is 49.0 Å². The first-order valence-corrected chi connectivity index (χ1v) is 10.9. The molecule has 2 saturated heterocycles. The minimum absolute atomic E-state index is 0.00699. The number of ether oxygens (including phenoxy) is 3. The maximum atomic E-state index is 14.6. The third kappa shape index (κ3) is 3.61. The van der Waals surface area contributed by atoms with Crippen molar-refractivity contribution < 1.29 is 28.2 Å². The fraction of sp³-hybridized carbons (Fsp3) is 0.565. The average molecular weight is 430 g/mol. The lowest BCUT2D eigenvalue weighted by atomic mass is 9.88. The molecule has 2 bridgehead atoms. The van der Waals surface area contributed by atoms with Crippen LogP contribution in [0.2, 0.25) is 0 Å². The van der Waals surface area contributed by atoms with Crippen LogP contribution in [-0.2, 0) is 19.1 Å². The van der Waals surface area contributed by atoms with Crippen molar-refractivity contribution in [3.8, 4) is 5.75 Å². The van der Waals surface area contributed by atoms with Crippen LogP contribution in [0.4, 0.5) is 4.39 Å². The maximum absolute atomic E-state index is 14.6. The van der Waals surface area contributed by atoms with Crippen LogP contribution in [0.15, 0.2) is 24.3 Å². The molecule has 4 aliphatic heterocycles. The first kappa shape index (κ1) is 20.5. The average Bonchev–Trinajstić information content (AvgIpc) is 3.01. The van der Waals surface area contributed by atoms with E-state index < -0.39 is 11.4 Å². The highest BCUT2D eigenvalue weighted by Gasteiger charge is 2.55. The van der Waals surface area contributed by atoms with Crippen LogP contribution in [-0.4, -0.2) is 66.9 Å². The molecule has 1 N–H and O–H groups in total. The van der Waals surface area contributed by atoms with Crippen LogP contribution in [0.3, 0.4) is 0 Å². The van der Waals surface area contributed by atoms with E-state index in [9.17, 15) is 14.0 Å². The van der Waals surface area contributed by atoms with Gasteiger partial charge in [-0.3, -0.25) is 9.59 Å². The summed E-state index contributed by atoms with van der Waals surface area (Å²) in [5.74, 6) is -0.802. The number of hydrogen-bond acceptors (Lipinski definition) is 5. The Morgan fingerprint density at radius 3 is 2.90 bits per heavy atom. The molecule has 1 aliphatic carbocycles. The molecule has 166 valence electrons. The van der Waals surface area contributed by atoms with Crippen molar-refractivity contribution in [2.75, 3.05) is 26.4 Å². The molecule has 0 radical (unpaired) electrons. The van der Waals surface area contributed by atoms with Gasteiger partial charge in [0.05, 0.1) is 30.9 Å². The summed E-state index contributed by atoms with van der Waals surface area (Å²) in [6.07, 6.45) is 4.90. The van der Waals surface area contributed by atoms with Crippen molar-refractivity contribution in [2.45, 2.75) is 56.3 Å². The van der Waals surface area contributed by atoms with Gasteiger partial charge >= 0.3 is 0 Å². The highest BCUT2D eigenvalue weighted by atomic mass is 19.1. The van der Waals surface area contributed by atoms with Crippen LogP contribution in [0.1, 0.15) is 38.2 Å². The highest BCUT2D eigenvalue weighted by molar-refractivity contribution is 5.82. The predicted molar refractivity (Wildman–Crippen MR) is 110 cm³/mol. The molecule has 0 saturated carbocycles. The van der Waals surface area contributed by atoms with Gasteiger partial charge in [0.15, 0.2) is 18.2 Å². The minimum atomic E-state index is -0.691. The Morgan fingerprint density at radius 1 is 1.26 bits per heavy atom. The molecule has 2 fully saturated rings. The Hall–Kier alpha value is -2.45. The first-order chi connectivity index (χ1) is 15.0.